The lowest BCUT2D eigenvalue weighted by Crippen LogP contribution is -2.26. The third-order valence-electron chi connectivity index (χ3n) is 42.8. The van der Waals surface area contributed by atoms with Crippen molar-refractivity contribution in [3.05, 3.63) is 259 Å². The Hall–Kier alpha value is -9.34. The number of hydrogen-bond donors (Lipinski definition) is 0. The van der Waals surface area contributed by atoms with E-state index in [1.54, 1.807) is 89.0 Å². The standard InChI is InChI=1S/C138H172N6S2/c1-33-131(34-2)77-123(17,18)111-97(131)73-98-112(124(19,20)78-132(98,35-3)36-4)105(111)85-49-61-91(62-50-85)143(92-63-51-86(52-64-92)106-113-99(133(37-5,38-6)79-125(113,21)22)74-100-114(106)126(23,24)80-134(100,39-7)40-8)95-69-57-89(58-70-95)109-119-121(141-145-139-119)110(122-120(109)140-146-142-122)90-59-71-96(72-60-90)144(93-65-53-87(54-66-93)107-115-101(135(41-9,42-10)81-127(115,25)26)75-102-116(107)128(27,28)82-136(102,43-11)44-12)94-67-55-88(56-68-94)108-117-103(137(45-13,46-14)83-129(117,29)30)76-104-118(108)130(31,32)84-138(104,47-15)48-16/h49-76H,33-48,77-84H2,1-32H3. The number of rotatable bonds is 28. The molecule has 0 N–H and O–H groups in total. The number of hydrogen-bond acceptors (Lipinski definition) is 7. The summed E-state index contributed by atoms with van der Waals surface area (Å²) in [6, 6.07) is 69.6. The summed E-state index contributed by atoms with van der Waals surface area (Å²) < 4.78 is 21.3. The monoisotopic (exact) mass is 1980 g/mol. The number of fused-ring (bicyclic) bond motifs is 10. The molecule has 8 heteroatoms. The molecule has 0 saturated heterocycles. The van der Waals surface area contributed by atoms with E-state index in [1.807, 2.05) is 0 Å². The van der Waals surface area contributed by atoms with E-state index in [4.69, 9.17) is 17.5 Å². The van der Waals surface area contributed by atoms with Gasteiger partial charge in [-0.3, -0.25) is 0 Å². The molecule has 0 unspecified atom stereocenters. The van der Waals surface area contributed by atoms with Crippen LogP contribution in [0.5, 0.6) is 0 Å². The van der Waals surface area contributed by atoms with Crippen LogP contribution in [0.3, 0.4) is 0 Å². The van der Waals surface area contributed by atoms with Gasteiger partial charge in [-0.05, 0) is 458 Å². The van der Waals surface area contributed by atoms with E-state index in [1.165, 1.54) is 119 Å². The van der Waals surface area contributed by atoms with Gasteiger partial charge in [0.2, 0.25) is 0 Å². The summed E-state index contributed by atoms with van der Waals surface area (Å²) in [5.74, 6) is 0. The van der Waals surface area contributed by atoms with Gasteiger partial charge in [0, 0.05) is 45.3 Å². The van der Waals surface area contributed by atoms with Gasteiger partial charge in [0.25, 0.3) is 0 Å². The van der Waals surface area contributed by atoms with E-state index >= 15 is 0 Å². The number of nitrogens with zero attached hydrogens (tertiary/aromatic N) is 6. The van der Waals surface area contributed by atoms with Crippen LogP contribution < -0.4 is 9.80 Å². The molecule has 12 aromatic rings. The first-order chi connectivity index (χ1) is 69.3. The maximum Gasteiger partial charge on any atom is 0.115 e. The van der Waals surface area contributed by atoms with Gasteiger partial charge in [-0.15, -0.1) is 0 Å². The molecule has 0 amide bonds. The Labute approximate surface area is 888 Å². The molecule has 11 aromatic carbocycles. The SMILES string of the molecule is CCC1(CC)CC(C)(C)c2c1cc1c(c2-c2ccc(N(c3ccc(-c4c5c(cc6c4C(C)(C)CC6(CC)CC)C(CC)(CC)CC5(C)C)cc3)c3ccc(-c4c5c(c(-c6ccc(N(c7ccc(-c8c9c(cc%10c8C(C)(C)CC%10(CC)CC)C(CC)(CC)CC9(C)C)cc7)c7ccc(-c8c9c(cc%10c8C(C)(C)CC%10(CC)CC)C(CC)(CC)CC9(C)C)cc7)cc6)c6nsnc46)N=S=N5)cc3)cc2)C(C)(C)CC1(CC)CC. The number of anilines is 6. The minimum absolute atomic E-state index is 0.00284. The Kier molecular flexibility index (Phi) is 24.7. The van der Waals surface area contributed by atoms with E-state index in [0.29, 0.717) is 0 Å². The predicted molar refractivity (Wildman–Crippen MR) is 630 cm³/mol. The summed E-state index contributed by atoms with van der Waals surface area (Å²) in [4.78, 5) is 5.07. The molecular weight excluding hydrogens is 1810 g/mol. The summed E-state index contributed by atoms with van der Waals surface area (Å²) in [6.07, 6.45) is 27.7. The van der Waals surface area contributed by atoms with E-state index in [0.717, 1.165) is 182 Å². The van der Waals surface area contributed by atoms with Crippen molar-refractivity contribution in [2.24, 2.45) is 8.73 Å². The van der Waals surface area contributed by atoms with Crippen LogP contribution in [0.2, 0.25) is 0 Å². The van der Waals surface area contributed by atoms with Crippen molar-refractivity contribution in [2.45, 2.75) is 462 Å². The third-order valence-corrected chi connectivity index (χ3v) is 43.8. The highest BCUT2D eigenvalue weighted by Crippen LogP contribution is 2.71. The number of aromatic nitrogens is 2. The molecule has 1 aromatic heterocycles. The van der Waals surface area contributed by atoms with Gasteiger partial charge < -0.3 is 9.80 Å². The van der Waals surface area contributed by atoms with Crippen LogP contribution in [0.25, 0.3) is 77.8 Å². The highest BCUT2D eigenvalue weighted by atomic mass is 32.1. The van der Waals surface area contributed by atoms with Gasteiger partial charge in [0.15, 0.2) is 0 Å². The van der Waals surface area contributed by atoms with Crippen LogP contribution in [-0.4, -0.2) is 8.75 Å². The van der Waals surface area contributed by atoms with Crippen molar-refractivity contribution >= 4 is 79.6 Å². The van der Waals surface area contributed by atoms with E-state index in [-0.39, 0.29) is 86.6 Å². The molecule has 0 bridgehead atoms. The van der Waals surface area contributed by atoms with E-state index in [9.17, 15) is 0 Å². The maximum absolute atomic E-state index is 5.32. The Morgan fingerprint density at radius 1 is 0.199 bits per heavy atom. The Morgan fingerprint density at radius 3 is 0.473 bits per heavy atom. The van der Waals surface area contributed by atoms with Gasteiger partial charge in [-0.25, -0.2) is 0 Å². The minimum atomic E-state index is -0.00284. The molecule has 6 nitrogen and oxygen atoms in total. The van der Waals surface area contributed by atoms with Crippen LogP contribution in [0, 0.1) is 0 Å². The smallest absolute Gasteiger partial charge is 0.115 e. The maximum atomic E-state index is 5.32. The quantitative estimate of drug-likeness (QED) is 0.0490. The van der Waals surface area contributed by atoms with Crippen molar-refractivity contribution in [2.75, 3.05) is 9.80 Å². The molecule has 0 atom stereocenters. The summed E-state index contributed by atoms with van der Waals surface area (Å²) in [5.41, 5.74) is 52.2. The highest BCUT2D eigenvalue weighted by molar-refractivity contribution is 7.58. The average molecular weight is 1980 g/mol. The second-order valence-electron chi connectivity index (χ2n) is 53.4. The first-order valence-electron chi connectivity index (χ1n) is 57.8. The molecule has 21 rings (SSSR count). The van der Waals surface area contributed by atoms with E-state index < -0.39 is 0 Å². The fourth-order valence-electron chi connectivity index (χ4n) is 35.5. The minimum Gasteiger partial charge on any atom is -0.311 e. The van der Waals surface area contributed by atoms with E-state index in [2.05, 4.69) is 401 Å². The fourth-order valence-corrected chi connectivity index (χ4v) is 36.6. The Bertz CT molecular complexity index is 6270. The first-order valence-corrected chi connectivity index (χ1v) is 59.3. The summed E-state index contributed by atoms with van der Waals surface area (Å²) >= 11 is 2.57. The van der Waals surface area contributed by atoms with Crippen molar-refractivity contribution in [1.82, 2.24) is 8.75 Å². The molecule has 0 fully saturated rings. The molecule has 766 valence electrons. The molecule has 0 spiro atoms. The van der Waals surface area contributed by atoms with Crippen LogP contribution >= 0.6 is 11.7 Å². The predicted octanol–water partition coefficient (Wildman–Crippen LogP) is 41.3. The lowest BCUT2D eigenvalue weighted by molar-refractivity contribution is 0.322. The molecule has 0 saturated carbocycles. The van der Waals surface area contributed by atoms with Crippen molar-refractivity contribution in [3.8, 4) is 66.8 Å². The second kappa shape index (κ2) is 35.1. The van der Waals surface area contributed by atoms with Gasteiger partial charge in [-0.1, -0.05) is 319 Å². The van der Waals surface area contributed by atoms with Gasteiger partial charge in [0.1, 0.15) is 22.4 Å². The van der Waals surface area contributed by atoms with Crippen molar-refractivity contribution in [3.63, 3.8) is 0 Å². The topological polar surface area (TPSA) is 57.0 Å². The first kappa shape index (κ1) is 102. The lowest BCUT2D eigenvalue weighted by atomic mass is 9.72. The van der Waals surface area contributed by atoms with Crippen molar-refractivity contribution < 1.29 is 0 Å². The molecule has 2 heterocycles. The normalized spacial score (nSPS) is 20.8. The lowest BCUT2D eigenvalue weighted by Gasteiger charge is -2.33. The summed E-state index contributed by atoms with van der Waals surface area (Å²) in [5, 5.41) is 0. The van der Waals surface area contributed by atoms with Crippen LogP contribution in [0.15, 0.2) is 179 Å². The van der Waals surface area contributed by atoms with Crippen LogP contribution in [-0.2, 0) is 98.0 Å². The van der Waals surface area contributed by atoms with Crippen LogP contribution in [0.1, 0.15) is 465 Å². The largest absolute Gasteiger partial charge is 0.311 e. The van der Waals surface area contributed by atoms with Crippen molar-refractivity contribution in [1.29, 1.82) is 0 Å². The average Bonchev–Trinajstić information content (AvgIpc) is 1.53. The van der Waals surface area contributed by atoms with Crippen LogP contribution in [0.4, 0.5) is 45.5 Å². The molecule has 8 aliphatic carbocycles. The zero-order valence-corrected chi connectivity index (χ0v) is 97.3. The number of benzene rings is 11. The Balaban J connectivity index is 0.699. The zero-order valence-electron chi connectivity index (χ0n) is 95.6. The molecule has 0 radical (unpaired) electrons. The fraction of sp³-hybridized carbons (Fsp3) is 0.522. The van der Waals surface area contributed by atoms with Gasteiger partial charge >= 0.3 is 0 Å². The zero-order chi connectivity index (χ0) is 104. The molecule has 1 aliphatic heterocycles. The molecule has 146 heavy (non-hydrogen) atoms. The third kappa shape index (κ3) is 14.5. The summed E-state index contributed by atoms with van der Waals surface area (Å²) in [7, 11) is 0. The highest BCUT2D eigenvalue weighted by Gasteiger charge is 2.60. The molecule has 9 aliphatic rings. The van der Waals surface area contributed by atoms with Gasteiger partial charge in [-0.2, -0.15) is 17.5 Å². The second-order valence-corrected chi connectivity index (χ2v) is 54.5. The Morgan fingerprint density at radius 2 is 0.336 bits per heavy atom. The summed E-state index contributed by atoms with van der Waals surface area (Å²) in [6.45, 7) is 80.5. The van der Waals surface area contributed by atoms with Gasteiger partial charge in [0.05, 0.1) is 23.1 Å². The molecular formula is C138H172N6S2.